The van der Waals surface area contributed by atoms with Crippen molar-refractivity contribution in [3.63, 3.8) is 0 Å². The minimum absolute atomic E-state index is 0.337. The van der Waals surface area contributed by atoms with Crippen LogP contribution in [0.5, 0.6) is 0 Å². The highest BCUT2D eigenvalue weighted by Crippen LogP contribution is 2.23. The van der Waals surface area contributed by atoms with Gasteiger partial charge in [-0.15, -0.1) is 0 Å². The number of carbonyl (C=O) groups excluding carboxylic acids is 1. The third-order valence-corrected chi connectivity index (χ3v) is 3.45. The van der Waals surface area contributed by atoms with Crippen molar-refractivity contribution in [3.8, 4) is 0 Å². The van der Waals surface area contributed by atoms with Crippen molar-refractivity contribution in [2.24, 2.45) is 5.92 Å². The molecule has 3 nitrogen and oxygen atoms in total. The topological polar surface area (TPSA) is 32.8 Å². The number of nitrogens with zero attached hydrogens (tertiary/aromatic N) is 1. The molecule has 15 heavy (non-hydrogen) atoms. The quantitative estimate of drug-likeness (QED) is 0.664. The summed E-state index contributed by atoms with van der Waals surface area (Å²) in [6, 6.07) is 0. The Kier molecular flexibility index (Phi) is 3.62. The predicted octanol–water partition coefficient (Wildman–Crippen LogP) is 1.81. The van der Waals surface area contributed by atoms with Crippen LogP contribution < -0.4 is 0 Å². The third kappa shape index (κ3) is 3.20. The standard InChI is InChI=1S/C12H21NO2/c1-2-3-10-4-5-12(14)13(7-6-10)8-11-9-15-11/h10-11H,2-9H2,1H3. The molecule has 0 aromatic rings. The average Bonchev–Trinajstić information content (AvgIpc) is 3.03. The molecule has 2 fully saturated rings. The summed E-state index contributed by atoms with van der Waals surface area (Å²) in [6.45, 7) is 4.85. The molecular formula is C12H21NO2. The Morgan fingerprint density at radius 2 is 2.27 bits per heavy atom. The molecule has 2 atom stereocenters. The van der Waals surface area contributed by atoms with Gasteiger partial charge in [0.15, 0.2) is 0 Å². The lowest BCUT2D eigenvalue weighted by atomic mass is 9.96. The van der Waals surface area contributed by atoms with Crippen molar-refractivity contribution in [3.05, 3.63) is 0 Å². The summed E-state index contributed by atoms with van der Waals surface area (Å²) in [5, 5.41) is 0. The normalized spacial score (nSPS) is 31.5. The smallest absolute Gasteiger partial charge is 0.222 e. The van der Waals surface area contributed by atoms with Gasteiger partial charge in [-0.2, -0.15) is 0 Å². The molecule has 0 spiro atoms. The van der Waals surface area contributed by atoms with Crippen LogP contribution in [0.2, 0.25) is 0 Å². The van der Waals surface area contributed by atoms with E-state index in [1.807, 2.05) is 4.90 Å². The van der Waals surface area contributed by atoms with Crippen LogP contribution in [-0.4, -0.2) is 36.6 Å². The largest absolute Gasteiger partial charge is 0.371 e. The summed E-state index contributed by atoms with van der Waals surface area (Å²) in [4.78, 5) is 13.8. The number of ether oxygens (including phenoxy) is 1. The Labute approximate surface area is 91.8 Å². The van der Waals surface area contributed by atoms with E-state index in [-0.39, 0.29) is 0 Å². The van der Waals surface area contributed by atoms with Gasteiger partial charge in [-0.1, -0.05) is 19.8 Å². The van der Waals surface area contributed by atoms with E-state index >= 15 is 0 Å². The van der Waals surface area contributed by atoms with E-state index in [1.165, 1.54) is 19.3 Å². The maximum Gasteiger partial charge on any atom is 0.222 e. The summed E-state index contributed by atoms with van der Waals surface area (Å²) in [5.74, 6) is 1.10. The first-order valence-corrected chi connectivity index (χ1v) is 6.19. The van der Waals surface area contributed by atoms with E-state index in [9.17, 15) is 4.79 Å². The Bertz CT molecular complexity index is 226. The monoisotopic (exact) mass is 211 g/mol. The van der Waals surface area contributed by atoms with Gasteiger partial charge in [0.05, 0.1) is 12.7 Å². The van der Waals surface area contributed by atoms with Crippen LogP contribution in [0.25, 0.3) is 0 Å². The van der Waals surface area contributed by atoms with Crippen molar-refractivity contribution in [2.75, 3.05) is 19.7 Å². The highest BCUT2D eigenvalue weighted by Gasteiger charge is 2.29. The van der Waals surface area contributed by atoms with Gasteiger partial charge in [0.2, 0.25) is 5.91 Å². The molecule has 0 radical (unpaired) electrons. The summed E-state index contributed by atoms with van der Waals surface area (Å²) < 4.78 is 5.18. The summed E-state index contributed by atoms with van der Waals surface area (Å²) in [6.07, 6.45) is 5.89. The van der Waals surface area contributed by atoms with Gasteiger partial charge >= 0.3 is 0 Å². The molecule has 0 N–H and O–H groups in total. The molecule has 0 aromatic carbocycles. The van der Waals surface area contributed by atoms with E-state index in [0.717, 1.165) is 38.5 Å². The molecule has 0 aromatic heterocycles. The van der Waals surface area contributed by atoms with Crippen LogP contribution in [0.3, 0.4) is 0 Å². The van der Waals surface area contributed by atoms with Crippen LogP contribution in [-0.2, 0) is 9.53 Å². The van der Waals surface area contributed by atoms with Gasteiger partial charge in [0.1, 0.15) is 0 Å². The fraction of sp³-hybridized carbons (Fsp3) is 0.917. The van der Waals surface area contributed by atoms with Gasteiger partial charge in [-0.25, -0.2) is 0 Å². The molecule has 86 valence electrons. The van der Waals surface area contributed by atoms with Crippen LogP contribution in [0.1, 0.15) is 39.0 Å². The number of carbonyl (C=O) groups is 1. The second-order valence-electron chi connectivity index (χ2n) is 4.78. The molecule has 1 amide bonds. The molecule has 2 aliphatic heterocycles. The van der Waals surface area contributed by atoms with E-state index in [1.54, 1.807) is 0 Å². The van der Waals surface area contributed by atoms with E-state index < -0.39 is 0 Å². The van der Waals surface area contributed by atoms with E-state index in [2.05, 4.69) is 6.92 Å². The fourth-order valence-electron chi connectivity index (χ4n) is 2.40. The molecule has 2 rings (SSSR count). The first-order chi connectivity index (χ1) is 7.29. The zero-order valence-corrected chi connectivity index (χ0v) is 9.58. The summed E-state index contributed by atoms with van der Waals surface area (Å²) in [7, 11) is 0. The van der Waals surface area contributed by atoms with E-state index in [0.29, 0.717) is 12.0 Å². The molecule has 2 saturated heterocycles. The van der Waals surface area contributed by atoms with Crippen LogP contribution in [0, 0.1) is 5.92 Å². The second-order valence-corrected chi connectivity index (χ2v) is 4.78. The zero-order chi connectivity index (χ0) is 10.7. The van der Waals surface area contributed by atoms with Crippen molar-refractivity contribution in [2.45, 2.75) is 45.1 Å². The van der Waals surface area contributed by atoms with Crippen molar-refractivity contribution in [1.82, 2.24) is 4.90 Å². The zero-order valence-electron chi connectivity index (χ0n) is 9.58. The van der Waals surface area contributed by atoms with Crippen LogP contribution in [0.15, 0.2) is 0 Å². The summed E-state index contributed by atoms with van der Waals surface area (Å²) in [5.41, 5.74) is 0. The minimum Gasteiger partial charge on any atom is -0.371 e. The van der Waals surface area contributed by atoms with Gasteiger partial charge in [-0.05, 0) is 18.8 Å². The Morgan fingerprint density at radius 3 is 2.93 bits per heavy atom. The number of rotatable bonds is 4. The first kappa shape index (κ1) is 10.9. The minimum atomic E-state index is 0.337. The third-order valence-electron chi connectivity index (χ3n) is 3.45. The second kappa shape index (κ2) is 4.97. The molecular weight excluding hydrogens is 190 g/mol. The van der Waals surface area contributed by atoms with Gasteiger partial charge < -0.3 is 9.64 Å². The first-order valence-electron chi connectivity index (χ1n) is 6.19. The molecule has 0 bridgehead atoms. The Morgan fingerprint density at radius 1 is 1.47 bits per heavy atom. The summed E-state index contributed by atoms with van der Waals surface area (Å²) >= 11 is 0. The average molecular weight is 211 g/mol. The molecule has 0 aliphatic carbocycles. The molecule has 2 unspecified atom stereocenters. The van der Waals surface area contributed by atoms with Crippen molar-refractivity contribution >= 4 is 5.91 Å². The number of amides is 1. The van der Waals surface area contributed by atoms with E-state index in [4.69, 9.17) is 4.74 Å². The van der Waals surface area contributed by atoms with Crippen LogP contribution >= 0.6 is 0 Å². The lowest BCUT2D eigenvalue weighted by Crippen LogP contribution is -2.33. The lowest BCUT2D eigenvalue weighted by Gasteiger charge is -2.19. The number of likely N-dealkylation sites (tertiary alicyclic amines) is 1. The van der Waals surface area contributed by atoms with Gasteiger partial charge in [0.25, 0.3) is 0 Å². The maximum absolute atomic E-state index is 11.8. The maximum atomic E-state index is 11.8. The van der Waals surface area contributed by atoms with Crippen LogP contribution in [0.4, 0.5) is 0 Å². The van der Waals surface area contributed by atoms with Crippen molar-refractivity contribution in [1.29, 1.82) is 0 Å². The SMILES string of the molecule is CCCC1CCC(=O)N(CC2CO2)CC1. The number of epoxide rings is 1. The molecule has 0 saturated carbocycles. The molecule has 2 heterocycles. The number of hydrogen-bond acceptors (Lipinski definition) is 2. The highest BCUT2D eigenvalue weighted by molar-refractivity contribution is 5.76. The lowest BCUT2D eigenvalue weighted by molar-refractivity contribution is -0.130. The van der Waals surface area contributed by atoms with Gasteiger partial charge in [0, 0.05) is 19.5 Å². The molecule has 3 heteroatoms. The molecule has 2 aliphatic rings. The fourth-order valence-corrected chi connectivity index (χ4v) is 2.40. The Hall–Kier alpha value is -0.570. The van der Waals surface area contributed by atoms with Crippen molar-refractivity contribution < 1.29 is 9.53 Å². The predicted molar refractivity (Wildman–Crippen MR) is 58.6 cm³/mol. The number of hydrogen-bond donors (Lipinski definition) is 0. The van der Waals surface area contributed by atoms with Gasteiger partial charge in [-0.3, -0.25) is 4.79 Å². The Balaban J connectivity index is 1.82. The highest BCUT2D eigenvalue weighted by atomic mass is 16.6.